The highest BCUT2D eigenvalue weighted by Gasteiger charge is 2.08. The van der Waals surface area contributed by atoms with E-state index in [1.54, 1.807) is 6.07 Å². The Bertz CT molecular complexity index is 590. The Labute approximate surface area is 122 Å². The minimum Gasteiger partial charge on any atom is -0.491 e. The number of aromatic nitrogens is 2. The molecule has 1 atom stereocenters. The molecule has 1 aromatic heterocycles. The third kappa shape index (κ3) is 4.68. The van der Waals surface area contributed by atoms with Crippen LogP contribution in [0.2, 0.25) is 0 Å². The van der Waals surface area contributed by atoms with E-state index in [1.807, 2.05) is 13.8 Å². The van der Waals surface area contributed by atoms with Crippen molar-refractivity contribution in [1.29, 1.82) is 0 Å². The monoisotopic (exact) mass is 292 g/mol. The lowest BCUT2D eigenvalue weighted by atomic mass is 10.2. The van der Waals surface area contributed by atoms with Gasteiger partial charge in [-0.05, 0) is 43.7 Å². The molecule has 0 bridgehead atoms. The molecule has 1 unspecified atom stereocenters. The molecule has 0 saturated carbocycles. The Balaban J connectivity index is 1.77. The number of halogens is 1. The maximum atomic E-state index is 12.7. The Hall–Kier alpha value is -2.21. The number of hydrogen-bond acceptors (Lipinski definition) is 5. The summed E-state index contributed by atoms with van der Waals surface area (Å²) in [4.78, 5) is 0. The molecule has 21 heavy (non-hydrogen) atoms. The molecule has 2 rings (SSSR count). The first-order valence-corrected chi connectivity index (χ1v) is 6.55. The van der Waals surface area contributed by atoms with Crippen molar-refractivity contribution < 1.29 is 19.0 Å². The van der Waals surface area contributed by atoms with Gasteiger partial charge in [0, 0.05) is 6.07 Å². The molecule has 6 heteroatoms. The van der Waals surface area contributed by atoms with Crippen molar-refractivity contribution in [3.8, 4) is 11.6 Å². The molecule has 2 aromatic rings. The van der Waals surface area contributed by atoms with Crippen LogP contribution in [0.25, 0.3) is 0 Å². The number of aliphatic hydroxyl groups is 1. The van der Waals surface area contributed by atoms with Gasteiger partial charge in [-0.25, -0.2) is 4.39 Å². The topological polar surface area (TPSA) is 64.5 Å². The fourth-order valence-corrected chi connectivity index (χ4v) is 1.55. The first-order chi connectivity index (χ1) is 10.0. The normalized spacial score (nSPS) is 12.0. The van der Waals surface area contributed by atoms with E-state index >= 15 is 0 Å². The van der Waals surface area contributed by atoms with Crippen LogP contribution in [0.1, 0.15) is 11.3 Å². The molecule has 1 aromatic carbocycles. The number of benzene rings is 1. The Morgan fingerprint density at radius 2 is 1.76 bits per heavy atom. The van der Waals surface area contributed by atoms with Crippen molar-refractivity contribution in [3.63, 3.8) is 0 Å². The minimum atomic E-state index is -0.821. The summed E-state index contributed by atoms with van der Waals surface area (Å²) in [6.45, 7) is 3.85. The number of hydrogen-bond donors (Lipinski definition) is 1. The van der Waals surface area contributed by atoms with E-state index in [-0.39, 0.29) is 19.0 Å². The maximum absolute atomic E-state index is 12.7. The van der Waals surface area contributed by atoms with E-state index in [4.69, 9.17) is 9.47 Å². The molecule has 1 heterocycles. The third-order valence-corrected chi connectivity index (χ3v) is 2.89. The average molecular weight is 292 g/mol. The third-order valence-electron chi connectivity index (χ3n) is 2.89. The van der Waals surface area contributed by atoms with Gasteiger partial charge in [-0.1, -0.05) is 0 Å². The molecule has 0 amide bonds. The lowest BCUT2D eigenvalue weighted by Gasteiger charge is -2.13. The number of ether oxygens (including phenoxy) is 2. The molecule has 0 spiro atoms. The average Bonchev–Trinajstić information content (AvgIpc) is 2.48. The second kappa shape index (κ2) is 6.99. The summed E-state index contributed by atoms with van der Waals surface area (Å²) in [7, 11) is 0. The van der Waals surface area contributed by atoms with Crippen LogP contribution in [0.15, 0.2) is 30.3 Å². The molecule has 0 aliphatic rings. The van der Waals surface area contributed by atoms with Crippen LogP contribution in [0.4, 0.5) is 4.39 Å². The van der Waals surface area contributed by atoms with Crippen LogP contribution < -0.4 is 9.47 Å². The van der Waals surface area contributed by atoms with Crippen molar-refractivity contribution in [2.75, 3.05) is 13.2 Å². The van der Waals surface area contributed by atoms with Crippen LogP contribution in [0.5, 0.6) is 11.6 Å². The SMILES string of the molecule is Cc1cc(OCC(O)COc2ccc(F)cc2)nnc1C. The van der Waals surface area contributed by atoms with Gasteiger partial charge in [0.1, 0.15) is 30.9 Å². The van der Waals surface area contributed by atoms with Crippen molar-refractivity contribution in [2.45, 2.75) is 20.0 Å². The zero-order chi connectivity index (χ0) is 15.2. The van der Waals surface area contributed by atoms with Gasteiger partial charge in [-0.2, -0.15) is 5.10 Å². The predicted molar refractivity (Wildman–Crippen MR) is 74.9 cm³/mol. The van der Waals surface area contributed by atoms with Gasteiger partial charge in [-0.3, -0.25) is 0 Å². The molecule has 0 aliphatic carbocycles. The molecule has 0 saturated heterocycles. The van der Waals surface area contributed by atoms with Gasteiger partial charge in [0.2, 0.25) is 5.88 Å². The van der Waals surface area contributed by atoms with E-state index in [2.05, 4.69) is 10.2 Å². The lowest BCUT2D eigenvalue weighted by molar-refractivity contribution is 0.0606. The Morgan fingerprint density at radius 3 is 2.43 bits per heavy atom. The molecule has 5 nitrogen and oxygen atoms in total. The second-order valence-electron chi connectivity index (χ2n) is 4.68. The van der Waals surface area contributed by atoms with Gasteiger partial charge in [0.15, 0.2) is 0 Å². The highest BCUT2D eigenvalue weighted by molar-refractivity contribution is 5.22. The zero-order valence-electron chi connectivity index (χ0n) is 11.9. The van der Waals surface area contributed by atoms with Gasteiger partial charge in [-0.15, -0.1) is 5.10 Å². The number of nitrogens with zero attached hydrogens (tertiary/aromatic N) is 2. The standard InChI is InChI=1S/C15H17FN2O3/c1-10-7-15(18-17-11(10)2)21-9-13(19)8-20-14-5-3-12(16)4-6-14/h3-7,13,19H,8-9H2,1-2H3. The number of aryl methyl sites for hydroxylation is 2. The van der Waals surface area contributed by atoms with Crippen LogP contribution in [-0.2, 0) is 0 Å². The maximum Gasteiger partial charge on any atom is 0.233 e. The summed E-state index contributed by atoms with van der Waals surface area (Å²) in [5.74, 6) is 0.514. The molecule has 112 valence electrons. The summed E-state index contributed by atoms with van der Waals surface area (Å²) < 4.78 is 23.4. The van der Waals surface area contributed by atoms with E-state index in [9.17, 15) is 9.50 Å². The van der Waals surface area contributed by atoms with Crippen molar-refractivity contribution >= 4 is 0 Å². The first-order valence-electron chi connectivity index (χ1n) is 6.55. The zero-order valence-corrected chi connectivity index (χ0v) is 11.9. The summed E-state index contributed by atoms with van der Waals surface area (Å²) in [6.07, 6.45) is -0.821. The molecule has 0 fully saturated rings. The lowest BCUT2D eigenvalue weighted by Crippen LogP contribution is -2.25. The summed E-state index contributed by atoms with van der Waals surface area (Å²) in [5.41, 5.74) is 1.81. The highest BCUT2D eigenvalue weighted by atomic mass is 19.1. The summed E-state index contributed by atoms with van der Waals surface area (Å²) in [5, 5.41) is 17.6. The van der Waals surface area contributed by atoms with E-state index in [0.717, 1.165) is 11.3 Å². The Kier molecular flexibility index (Phi) is 5.05. The van der Waals surface area contributed by atoms with Crippen molar-refractivity contribution in [3.05, 3.63) is 47.4 Å². The van der Waals surface area contributed by atoms with Crippen LogP contribution in [-0.4, -0.2) is 34.6 Å². The minimum absolute atomic E-state index is 0.0401. The van der Waals surface area contributed by atoms with Gasteiger partial charge < -0.3 is 14.6 Å². The smallest absolute Gasteiger partial charge is 0.233 e. The number of rotatable bonds is 6. The molecule has 0 aliphatic heterocycles. The highest BCUT2D eigenvalue weighted by Crippen LogP contribution is 2.12. The van der Waals surface area contributed by atoms with E-state index < -0.39 is 6.10 Å². The van der Waals surface area contributed by atoms with E-state index in [0.29, 0.717) is 11.6 Å². The van der Waals surface area contributed by atoms with Crippen LogP contribution in [0.3, 0.4) is 0 Å². The van der Waals surface area contributed by atoms with Crippen LogP contribution in [0, 0.1) is 19.7 Å². The quantitative estimate of drug-likeness (QED) is 0.882. The molecule has 0 radical (unpaired) electrons. The van der Waals surface area contributed by atoms with Gasteiger partial charge in [0.05, 0.1) is 5.69 Å². The van der Waals surface area contributed by atoms with Crippen molar-refractivity contribution in [1.82, 2.24) is 10.2 Å². The summed E-state index contributed by atoms with van der Waals surface area (Å²) >= 11 is 0. The summed E-state index contributed by atoms with van der Waals surface area (Å²) in [6, 6.07) is 7.34. The van der Waals surface area contributed by atoms with Gasteiger partial charge >= 0.3 is 0 Å². The largest absolute Gasteiger partial charge is 0.491 e. The van der Waals surface area contributed by atoms with Crippen molar-refractivity contribution in [2.24, 2.45) is 0 Å². The number of aliphatic hydroxyl groups excluding tert-OH is 1. The second-order valence-corrected chi connectivity index (χ2v) is 4.68. The fraction of sp³-hybridized carbons (Fsp3) is 0.333. The first kappa shape index (κ1) is 15.2. The van der Waals surface area contributed by atoms with E-state index in [1.165, 1.54) is 24.3 Å². The molecule has 1 N–H and O–H groups in total. The van der Waals surface area contributed by atoms with Crippen LogP contribution >= 0.6 is 0 Å². The molecular formula is C15H17FN2O3. The molecular weight excluding hydrogens is 275 g/mol. The van der Waals surface area contributed by atoms with Gasteiger partial charge in [0.25, 0.3) is 0 Å². The Morgan fingerprint density at radius 1 is 1.10 bits per heavy atom. The fourth-order valence-electron chi connectivity index (χ4n) is 1.55. The predicted octanol–water partition coefficient (Wildman–Crippen LogP) is 2.05.